The first-order valence-electron chi connectivity index (χ1n) is 11.0. The second kappa shape index (κ2) is 10.0. The summed E-state index contributed by atoms with van der Waals surface area (Å²) in [6.07, 6.45) is -10.2. The number of carbonyl (C=O) groups excluding carboxylic acids is 2. The van der Waals surface area contributed by atoms with E-state index in [1.165, 1.54) is 24.3 Å². The third kappa shape index (κ3) is 5.76. The summed E-state index contributed by atoms with van der Waals surface area (Å²) >= 11 is 0. The molecule has 7 nitrogen and oxygen atoms in total. The predicted molar refractivity (Wildman–Crippen MR) is 124 cm³/mol. The molecule has 0 saturated carbocycles. The Morgan fingerprint density at radius 3 is 1.82 bits per heavy atom. The van der Waals surface area contributed by atoms with E-state index in [0.29, 0.717) is 12.1 Å². The van der Waals surface area contributed by atoms with Crippen molar-refractivity contribution in [2.45, 2.75) is 30.3 Å². The molecular formula is C25H18F6N2O5S. The normalized spacial score (nSPS) is 14.1. The van der Waals surface area contributed by atoms with Crippen LogP contribution in [0.3, 0.4) is 0 Å². The van der Waals surface area contributed by atoms with E-state index < -0.39 is 62.3 Å². The Hall–Kier alpha value is -3.91. The van der Waals surface area contributed by atoms with Gasteiger partial charge in [-0.05, 0) is 53.6 Å². The summed E-state index contributed by atoms with van der Waals surface area (Å²) in [6, 6.07) is 10.6. The van der Waals surface area contributed by atoms with Crippen LogP contribution >= 0.6 is 0 Å². The number of benzene rings is 3. The SMILES string of the molecule is COc1ccc(CN2C(=O)c3ccccc3C2=O)cc1S(=O)(=O)NCc1cc(C(F)(F)F)cc(C(F)(F)F)c1. The van der Waals surface area contributed by atoms with Gasteiger partial charge in [0.05, 0.1) is 35.9 Å². The van der Waals surface area contributed by atoms with Gasteiger partial charge < -0.3 is 4.74 Å². The largest absolute Gasteiger partial charge is 0.495 e. The van der Waals surface area contributed by atoms with Crippen molar-refractivity contribution in [2.75, 3.05) is 7.11 Å². The minimum atomic E-state index is -5.10. The molecule has 0 fully saturated rings. The van der Waals surface area contributed by atoms with Gasteiger partial charge in [-0.2, -0.15) is 26.3 Å². The minimum Gasteiger partial charge on any atom is -0.495 e. The second-order valence-electron chi connectivity index (χ2n) is 8.47. The highest BCUT2D eigenvalue weighted by Gasteiger charge is 2.37. The zero-order valence-electron chi connectivity index (χ0n) is 19.9. The van der Waals surface area contributed by atoms with Crippen LogP contribution in [0.5, 0.6) is 5.75 Å². The maximum atomic E-state index is 13.2. The van der Waals surface area contributed by atoms with Gasteiger partial charge >= 0.3 is 12.4 Å². The van der Waals surface area contributed by atoms with Crippen LogP contribution in [0, 0.1) is 0 Å². The van der Waals surface area contributed by atoms with Crippen molar-refractivity contribution in [3.05, 3.63) is 94.0 Å². The van der Waals surface area contributed by atoms with Gasteiger partial charge in [0, 0.05) is 6.54 Å². The lowest BCUT2D eigenvalue weighted by Crippen LogP contribution is -2.29. The molecule has 1 aliphatic rings. The molecule has 0 saturated heterocycles. The first-order valence-corrected chi connectivity index (χ1v) is 12.5. The van der Waals surface area contributed by atoms with Gasteiger partial charge in [0.2, 0.25) is 10.0 Å². The number of nitrogens with zero attached hydrogens (tertiary/aromatic N) is 1. The first-order chi connectivity index (χ1) is 18.1. The van der Waals surface area contributed by atoms with Gasteiger partial charge in [0.25, 0.3) is 11.8 Å². The fourth-order valence-corrected chi connectivity index (χ4v) is 5.21. The van der Waals surface area contributed by atoms with Crippen LogP contribution in [-0.2, 0) is 35.5 Å². The number of amides is 2. The van der Waals surface area contributed by atoms with Crippen LogP contribution in [0.15, 0.2) is 65.6 Å². The molecule has 1 aliphatic heterocycles. The maximum absolute atomic E-state index is 13.2. The number of imide groups is 1. The van der Waals surface area contributed by atoms with E-state index in [9.17, 15) is 44.3 Å². The van der Waals surface area contributed by atoms with E-state index in [4.69, 9.17) is 4.74 Å². The molecule has 0 radical (unpaired) electrons. The number of hydrogen-bond acceptors (Lipinski definition) is 5. The van der Waals surface area contributed by atoms with Gasteiger partial charge in [-0.25, -0.2) is 13.1 Å². The Bertz CT molecular complexity index is 1500. The van der Waals surface area contributed by atoms with Crippen molar-refractivity contribution >= 4 is 21.8 Å². The van der Waals surface area contributed by atoms with Crippen LogP contribution in [0.1, 0.15) is 43.0 Å². The number of nitrogens with one attached hydrogen (secondary N) is 1. The average Bonchev–Trinajstić information content (AvgIpc) is 3.11. The second-order valence-corrected chi connectivity index (χ2v) is 10.2. The van der Waals surface area contributed by atoms with Gasteiger partial charge in [-0.1, -0.05) is 18.2 Å². The summed E-state index contributed by atoms with van der Waals surface area (Å²) in [5.74, 6) is -1.36. The minimum absolute atomic E-state index is 0.0657. The Labute approximate surface area is 218 Å². The monoisotopic (exact) mass is 572 g/mol. The number of rotatable bonds is 7. The van der Waals surface area contributed by atoms with Crippen molar-refractivity contribution in [1.29, 1.82) is 0 Å². The lowest BCUT2D eigenvalue weighted by atomic mass is 10.0. The molecule has 3 aromatic carbocycles. The number of halogens is 6. The standard InChI is InChI=1S/C25H18F6N2O5S/c1-38-20-7-6-14(13-33-22(34)18-4-2-3-5-19(18)23(33)35)10-21(20)39(36,37)32-12-15-8-16(24(26,27)28)11-17(9-15)25(29,30)31/h2-11,32H,12-13H2,1H3. The lowest BCUT2D eigenvalue weighted by molar-refractivity contribution is -0.143. The van der Waals surface area contributed by atoms with E-state index in [-0.39, 0.29) is 35.1 Å². The molecule has 0 unspecified atom stereocenters. The first kappa shape index (κ1) is 28.1. The highest BCUT2D eigenvalue weighted by molar-refractivity contribution is 7.89. The van der Waals surface area contributed by atoms with Crippen LogP contribution in [0.2, 0.25) is 0 Å². The average molecular weight is 572 g/mol. The van der Waals surface area contributed by atoms with Gasteiger partial charge in [-0.15, -0.1) is 0 Å². The third-order valence-electron chi connectivity index (χ3n) is 5.85. The van der Waals surface area contributed by atoms with E-state index >= 15 is 0 Å². The number of hydrogen-bond donors (Lipinski definition) is 1. The van der Waals surface area contributed by atoms with Crippen molar-refractivity contribution in [3.63, 3.8) is 0 Å². The Balaban J connectivity index is 1.61. The zero-order chi connectivity index (χ0) is 28.8. The summed E-state index contributed by atoms with van der Waals surface area (Å²) in [5.41, 5.74) is -3.19. The molecule has 0 aromatic heterocycles. The fraction of sp³-hybridized carbons (Fsp3) is 0.200. The summed E-state index contributed by atoms with van der Waals surface area (Å²) < 4.78 is 112. The number of alkyl halides is 6. The smallest absolute Gasteiger partial charge is 0.416 e. The Kier molecular flexibility index (Phi) is 7.21. The fourth-order valence-electron chi connectivity index (χ4n) is 3.97. The molecule has 0 spiro atoms. The van der Waals surface area contributed by atoms with E-state index in [1.54, 1.807) is 12.1 Å². The van der Waals surface area contributed by atoms with E-state index in [0.717, 1.165) is 18.1 Å². The molecule has 1 heterocycles. The summed E-state index contributed by atoms with van der Waals surface area (Å²) in [4.78, 5) is 25.7. The zero-order valence-corrected chi connectivity index (χ0v) is 20.7. The Morgan fingerprint density at radius 1 is 0.795 bits per heavy atom. The molecule has 14 heteroatoms. The molecule has 0 atom stereocenters. The van der Waals surface area contributed by atoms with Crippen LogP contribution in [-0.4, -0.2) is 32.2 Å². The molecule has 0 bridgehead atoms. The topological polar surface area (TPSA) is 92.8 Å². The molecule has 3 aromatic rings. The van der Waals surface area contributed by atoms with Gasteiger partial charge in [0.15, 0.2) is 0 Å². The highest BCUT2D eigenvalue weighted by atomic mass is 32.2. The molecular weight excluding hydrogens is 554 g/mol. The summed E-state index contributed by atoms with van der Waals surface area (Å²) in [5, 5.41) is 0. The number of carbonyl (C=O) groups is 2. The number of sulfonamides is 1. The molecule has 1 N–H and O–H groups in total. The number of methoxy groups -OCH3 is 1. The lowest BCUT2D eigenvalue weighted by Gasteiger charge is -2.17. The summed E-state index contributed by atoms with van der Waals surface area (Å²) in [7, 11) is -3.41. The van der Waals surface area contributed by atoms with Crippen molar-refractivity contribution < 1.29 is 49.1 Å². The molecule has 2 amide bonds. The molecule has 39 heavy (non-hydrogen) atoms. The molecule has 206 valence electrons. The van der Waals surface area contributed by atoms with Crippen molar-refractivity contribution in [2.24, 2.45) is 0 Å². The number of fused-ring (bicyclic) bond motifs is 1. The van der Waals surface area contributed by atoms with E-state index in [1.807, 2.05) is 4.72 Å². The summed E-state index contributed by atoms with van der Waals surface area (Å²) in [6.45, 7) is -1.21. The molecule has 4 rings (SSSR count). The Morgan fingerprint density at radius 2 is 1.33 bits per heavy atom. The predicted octanol–water partition coefficient (Wildman–Crippen LogP) is 5.01. The highest BCUT2D eigenvalue weighted by Crippen LogP contribution is 2.36. The molecule has 0 aliphatic carbocycles. The van der Waals surface area contributed by atoms with Crippen molar-refractivity contribution in [1.82, 2.24) is 9.62 Å². The maximum Gasteiger partial charge on any atom is 0.416 e. The third-order valence-corrected chi connectivity index (χ3v) is 7.27. The quantitative estimate of drug-likeness (QED) is 0.318. The number of ether oxygens (including phenoxy) is 1. The van der Waals surface area contributed by atoms with Crippen LogP contribution < -0.4 is 9.46 Å². The van der Waals surface area contributed by atoms with Gasteiger partial charge in [0.1, 0.15) is 10.6 Å². The van der Waals surface area contributed by atoms with Crippen LogP contribution in [0.4, 0.5) is 26.3 Å². The van der Waals surface area contributed by atoms with Crippen molar-refractivity contribution in [3.8, 4) is 5.75 Å². The van der Waals surface area contributed by atoms with Gasteiger partial charge in [-0.3, -0.25) is 14.5 Å². The van der Waals surface area contributed by atoms with E-state index in [2.05, 4.69) is 0 Å². The van der Waals surface area contributed by atoms with Crippen LogP contribution in [0.25, 0.3) is 0 Å².